The summed E-state index contributed by atoms with van der Waals surface area (Å²) in [4.78, 5) is 0. The van der Waals surface area contributed by atoms with Crippen molar-refractivity contribution in [2.45, 2.75) is 33.1 Å². The van der Waals surface area contributed by atoms with Crippen molar-refractivity contribution in [3.63, 3.8) is 0 Å². The highest BCUT2D eigenvalue weighted by molar-refractivity contribution is 4.99. The maximum atomic E-state index is 5.43. The van der Waals surface area contributed by atoms with Crippen LogP contribution in [0.5, 0.6) is 0 Å². The average Bonchev–Trinajstić information content (AvgIpc) is 1.76. The van der Waals surface area contributed by atoms with E-state index in [4.69, 9.17) is 6.42 Å². The molecular formula is C10H16. The molecule has 1 aliphatic rings. The summed E-state index contributed by atoms with van der Waals surface area (Å²) in [5.41, 5.74) is 0. The second-order valence-corrected chi connectivity index (χ2v) is 3.63. The van der Waals surface area contributed by atoms with Crippen LogP contribution in [0, 0.1) is 30.1 Å². The average molecular weight is 136 g/mol. The Morgan fingerprint density at radius 1 is 1.40 bits per heavy atom. The van der Waals surface area contributed by atoms with E-state index in [0.717, 1.165) is 5.92 Å². The molecule has 10 heavy (non-hydrogen) atoms. The quantitative estimate of drug-likeness (QED) is 0.512. The summed E-state index contributed by atoms with van der Waals surface area (Å²) in [5.74, 6) is 4.98. The molecule has 0 aliphatic heterocycles. The first-order valence-electron chi connectivity index (χ1n) is 4.22. The molecule has 0 aromatic heterocycles. The van der Waals surface area contributed by atoms with Gasteiger partial charge in [-0.25, -0.2) is 0 Å². The maximum Gasteiger partial charge on any atom is 0.0251 e. The lowest BCUT2D eigenvalue weighted by atomic mass is 9.72. The molecule has 0 amide bonds. The zero-order chi connectivity index (χ0) is 7.56. The van der Waals surface area contributed by atoms with E-state index >= 15 is 0 Å². The predicted octanol–water partition coefficient (Wildman–Crippen LogP) is 2.69. The topological polar surface area (TPSA) is 0 Å². The lowest BCUT2D eigenvalue weighted by molar-refractivity contribution is 0.207. The molecule has 1 unspecified atom stereocenters. The Morgan fingerprint density at radius 3 is 2.10 bits per heavy atom. The van der Waals surface area contributed by atoms with Crippen molar-refractivity contribution in [1.29, 1.82) is 0 Å². The van der Waals surface area contributed by atoms with E-state index < -0.39 is 0 Å². The molecule has 0 bridgehead atoms. The number of hydrogen-bond acceptors (Lipinski definition) is 0. The third-order valence-corrected chi connectivity index (χ3v) is 2.57. The SMILES string of the molecule is C#CC(C(C)C)C1CCC1. The highest BCUT2D eigenvalue weighted by atomic mass is 14.3. The van der Waals surface area contributed by atoms with Crippen molar-refractivity contribution in [3.05, 3.63) is 0 Å². The van der Waals surface area contributed by atoms with Gasteiger partial charge in [-0.15, -0.1) is 12.3 Å². The summed E-state index contributed by atoms with van der Waals surface area (Å²) in [6.07, 6.45) is 9.57. The third kappa shape index (κ3) is 1.34. The van der Waals surface area contributed by atoms with Crippen LogP contribution in [0.3, 0.4) is 0 Å². The van der Waals surface area contributed by atoms with Crippen LogP contribution >= 0.6 is 0 Å². The van der Waals surface area contributed by atoms with E-state index in [1.54, 1.807) is 0 Å². The Morgan fingerprint density at radius 2 is 2.00 bits per heavy atom. The van der Waals surface area contributed by atoms with Crippen molar-refractivity contribution < 1.29 is 0 Å². The van der Waals surface area contributed by atoms with E-state index in [9.17, 15) is 0 Å². The molecule has 0 radical (unpaired) electrons. The van der Waals surface area contributed by atoms with Gasteiger partial charge >= 0.3 is 0 Å². The number of rotatable bonds is 2. The Kier molecular flexibility index (Phi) is 2.38. The summed E-state index contributed by atoms with van der Waals surface area (Å²) < 4.78 is 0. The fourth-order valence-electron chi connectivity index (χ4n) is 1.67. The molecule has 0 aromatic carbocycles. The van der Waals surface area contributed by atoms with E-state index in [1.165, 1.54) is 19.3 Å². The second-order valence-electron chi connectivity index (χ2n) is 3.63. The molecule has 56 valence electrons. The standard InChI is InChI=1S/C10H16/c1-4-10(8(2)3)9-6-5-7-9/h1,8-10H,5-7H2,2-3H3. The van der Waals surface area contributed by atoms with Gasteiger partial charge < -0.3 is 0 Å². The Labute approximate surface area is 64.0 Å². The summed E-state index contributed by atoms with van der Waals surface area (Å²) in [7, 11) is 0. The molecular weight excluding hydrogens is 120 g/mol. The predicted molar refractivity (Wildman–Crippen MR) is 44.5 cm³/mol. The summed E-state index contributed by atoms with van der Waals surface area (Å²) in [6.45, 7) is 4.45. The van der Waals surface area contributed by atoms with Gasteiger partial charge in [-0.05, 0) is 24.7 Å². The van der Waals surface area contributed by atoms with Crippen molar-refractivity contribution in [2.24, 2.45) is 17.8 Å². The largest absolute Gasteiger partial charge is 0.120 e. The minimum atomic E-state index is 0.550. The smallest absolute Gasteiger partial charge is 0.0251 e. The molecule has 0 saturated heterocycles. The molecule has 0 heterocycles. The number of hydrogen-bond donors (Lipinski definition) is 0. The van der Waals surface area contributed by atoms with Gasteiger partial charge in [0, 0.05) is 5.92 Å². The van der Waals surface area contributed by atoms with Crippen LogP contribution in [0.1, 0.15) is 33.1 Å². The van der Waals surface area contributed by atoms with E-state index in [1.807, 2.05) is 0 Å². The summed E-state index contributed by atoms with van der Waals surface area (Å²) >= 11 is 0. The lowest BCUT2D eigenvalue weighted by Gasteiger charge is -2.32. The van der Waals surface area contributed by atoms with Gasteiger partial charge in [0.1, 0.15) is 0 Å². The zero-order valence-corrected chi connectivity index (χ0v) is 6.93. The molecule has 0 spiro atoms. The molecule has 0 nitrogen and oxygen atoms in total. The highest BCUT2D eigenvalue weighted by Gasteiger charge is 2.27. The van der Waals surface area contributed by atoms with Gasteiger partial charge in [-0.1, -0.05) is 20.3 Å². The fraction of sp³-hybridized carbons (Fsp3) is 0.800. The van der Waals surface area contributed by atoms with Crippen LogP contribution in [-0.2, 0) is 0 Å². The first-order chi connectivity index (χ1) is 4.75. The van der Waals surface area contributed by atoms with Gasteiger partial charge in [-0.2, -0.15) is 0 Å². The van der Waals surface area contributed by atoms with Crippen LogP contribution in [-0.4, -0.2) is 0 Å². The van der Waals surface area contributed by atoms with Gasteiger partial charge in [0.15, 0.2) is 0 Å². The molecule has 0 heteroatoms. The molecule has 1 atom stereocenters. The van der Waals surface area contributed by atoms with Crippen molar-refractivity contribution in [2.75, 3.05) is 0 Å². The molecule has 1 fully saturated rings. The molecule has 0 N–H and O–H groups in total. The normalized spacial score (nSPS) is 21.8. The van der Waals surface area contributed by atoms with Crippen molar-refractivity contribution >= 4 is 0 Å². The first kappa shape index (κ1) is 7.66. The monoisotopic (exact) mass is 136 g/mol. The summed E-state index contributed by atoms with van der Waals surface area (Å²) in [5, 5.41) is 0. The van der Waals surface area contributed by atoms with E-state index in [0.29, 0.717) is 11.8 Å². The highest BCUT2D eigenvalue weighted by Crippen LogP contribution is 2.36. The Hall–Kier alpha value is -0.440. The van der Waals surface area contributed by atoms with Crippen molar-refractivity contribution in [3.8, 4) is 12.3 Å². The lowest BCUT2D eigenvalue weighted by Crippen LogP contribution is -2.24. The molecule has 1 saturated carbocycles. The Bertz CT molecular complexity index is 135. The molecule has 0 aromatic rings. The molecule has 1 aliphatic carbocycles. The van der Waals surface area contributed by atoms with Crippen molar-refractivity contribution in [1.82, 2.24) is 0 Å². The maximum absolute atomic E-state index is 5.43. The van der Waals surface area contributed by atoms with Gasteiger partial charge in [0.05, 0.1) is 0 Å². The number of terminal acetylenes is 1. The minimum absolute atomic E-state index is 0.550. The molecule has 1 rings (SSSR count). The van der Waals surface area contributed by atoms with Gasteiger partial charge in [-0.3, -0.25) is 0 Å². The van der Waals surface area contributed by atoms with E-state index in [2.05, 4.69) is 19.8 Å². The Balaban J connectivity index is 2.41. The van der Waals surface area contributed by atoms with Gasteiger partial charge in [0.25, 0.3) is 0 Å². The van der Waals surface area contributed by atoms with Crippen LogP contribution in [0.25, 0.3) is 0 Å². The van der Waals surface area contributed by atoms with E-state index in [-0.39, 0.29) is 0 Å². The fourth-order valence-corrected chi connectivity index (χ4v) is 1.67. The first-order valence-corrected chi connectivity index (χ1v) is 4.22. The van der Waals surface area contributed by atoms with Crippen LogP contribution in [0.4, 0.5) is 0 Å². The second kappa shape index (κ2) is 3.10. The van der Waals surface area contributed by atoms with Gasteiger partial charge in [0.2, 0.25) is 0 Å². The van der Waals surface area contributed by atoms with Crippen LogP contribution in [0.2, 0.25) is 0 Å². The third-order valence-electron chi connectivity index (χ3n) is 2.57. The van der Waals surface area contributed by atoms with Crippen LogP contribution < -0.4 is 0 Å². The summed E-state index contributed by atoms with van der Waals surface area (Å²) in [6, 6.07) is 0. The zero-order valence-electron chi connectivity index (χ0n) is 6.93. The minimum Gasteiger partial charge on any atom is -0.120 e. The van der Waals surface area contributed by atoms with Crippen LogP contribution in [0.15, 0.2) is 0 Å².